The number of pyridine rings is 4. The molecule has 44 heavy (non-hydrogen) atoms. The van der Waals surface area contributed by atoms with Crippen molar-refractivity contribution in [3.05, 3.63) is 132 Å². The van der Waals surface area contributed by atoms with E-state index in [4.69, 9.17) is 23.7 Å². The van der Waals surface area contributed by atoms with E-state index in [1.807, 2.05) is 0 Å². The summed E-state index contributed by atoms with van der Waals surface area (Å²) in [6.07, 6.45) is 7.30. The molecule has 5 heterocycles. The van der Waals surface area contributed by atoms with Crippen molar-refractivity contribution in [2.45, 2.75) is 12.2 Å². The molecular weight excluding hydrogens is 576 g/mol. The Hall–Kier alpha value is -6.31. The number of hydrogen-bond acceptors (Lipinski definition) is 14. The SMILES string of the molecule is O=C1O[C@H]([C@H](COC(=O)c2cccnc2)OC(=O)c2cccnc2)C(OC(=O)c2cccnc2)=C1OC(=O)c1cccnc1. The summed E-state index contributed by atoms with van der Waals surface area (Å²) >= 11 is 0. The van der Waals surface area contributed by atoms with Crippen molar-refractivity contribution in [3.63, 3.8) is 0 Å². The minimum atomic E-state index is -1.71. The normalized spacial score (nSPS) is 14.6. The lowest BCUT2D eigenvalue weighted by atomic mass is 10.1. The summed E-state index contributed by atoms with van der Waals surface area (Å²) in [6, 6.07) is 11.6. The first kappa shape index (κ1) is 29.2. The van der Waals surface area contributed by atoms with Gasteiger partial charge in [-0.05, 0) is 48.5 Å². The molecule has 2 atom stereocenters. The van der Waals surface area contributed by atoms with Gasteiger partial charge in [0.05, 0.1) is 22.3 Å². The second kappa shape index (κ2) is 13.6. The van der Waals surface area contributed by atoms with Crippen LogP contribution in [0.2, 0.25) is 0 Å². The largest absolute Gasteiger partial charge is 0.458 e. The summed E-state index contributed by atoms with van der Waals surface area (Å²) in [5.41, 5.74) is 0.0433. The zero-order valence-electron chi connectivity index (χ0n) is 22.5. The highest BCUT2D eigenvalue weighted by Crippen LogP contribution is 2.31. The van der Waals surface area contributed by atoms with Crippen molar-refractivity contribution in [2.24, 2.45) is 0 Å². The van der Waals surface area contributed by atoms with Crippen LogP contribution in [0.1, 0.15) is 41.4 Å². The topological polar surface area (TPSA) is 183 Å². The van der Waals surface area contributed by atoms with Crippen LogP contribution in [0.3, 0.4) is 0 Å². The third-order valence-electron chi connectivity index (χ3n) is 5.86. The Kier molecular flexibility index (Phi) is 9.00. The molecule has 0 fully saturated rings. The number of cyclic esters (lactones) is 1. The first-order valence-electron chi connectivity index (χ1n) is 12.8. The Morgan fingerprint density at radius 1 is 0.659 bits per heavy atom. The fourth-order valence-corrected chi connectivity index (χ4v) is 3.77. The van der Waals surface area contributed by atoms with E-state index in [0.717, 1.165) is 0 Å². The van der Waals surface area contributed by atoms with Gasteiger partial charge in [-0.15, -0.1) is 0 Å². The maximum Gasteiger partial charge on any atom is 0.379 e. The first-order valence-corrected chi connectivity index (χ1v) is 12.8. The third kappa shape index (κ3) is 6.94. The van der Waals surface area contributed by atoms with Gasteiger partial charge in [-0.2, -0.15) is 0 Å². The predicted molar refractivity (Wildman–Crippen MR) is 144 cm³/mol. The van der Waals surface area contributed by atoms with Crippen LogP contribution in [0, 0.1) is 0 Å². The molecule has 0 aromatic carbocycles. The van der Waals surface area contributed by atoms with Gasteiger partial charge >= 0.3 is 29.8 Å². The highest BCUT2D eigenvalue weighted by Gasteiger charge is 2.47. The molecular formula is C30H20N4O10. The molecule has 0 saturated heterocycles. The molecule has 0 unspecified atom stereocenters. The van der Waals surface area contributed by atoms with Crippen molar-refractivity contribution in [1.29, 1.82) is 0 Å². The molecule has 14 nitrogen and oxygen atoms in total. The zero-order chi connectivity index (χ0) is 30.9. The smallest absolute Gasteiger partial charge is 0.379 e. The fraction of sp³-hybridized carbons (Fsp3) is 0.100. The van der Waals surface area contributed by atoms with Crippen LogP contribution in [0.25, 0.3) is 0 Å². The Bertz CT molecular complexity index is 1700. The van der Waals surface area contributed by atoms with E-state index in [9.17, 15) is 24.0 Å². The zero-order valence-corrected chi connectivity index (χ0v) is 22.5. The molecule has 0 bridgehead atoms. The standard InChI is InChI=1S/C30H20N4O10/c35-26(18-5-1-9-31-13-18)40-17-22(41-27(36)19-6-2-10-32-14-19)23-24(43-28(37)20-7-3-11-33-15-20)25(30(39)42-23)44-29(38)21-8-4-12-34-16-21/h1-16,22-23H,17H2/t22-,23+/m0/s1. The van der Waals surface area contributed by atoms with Crippen molar-refractivity contribution >= 4 is 29.8 Å². The van der Waals surface area contributed by atoms with Crippen LogP contribution in [0.5, 0.6) is 0 Å². The van der Waals surface area contributed by atoms with Crippen molar-refractivity contribution < 1.29 is 47.7 Å². The van der Waals surface area contributed by atoms with Gasteiger partial charge < -0.3 is 23.7 Å². The summed E-state index contributed by atoms with van der Waals surface area (Å²) in [4.78, 5) is 80.1. The van der Waals surface area contributed by atoms with Crippen LogP contribution in [-0.2, 0) is 28.5 Å². The number of hydrogen-bond donors (Lipinski definition) is 0. The van der Waals surface area contributed by atoms with E-state index in [2.05, 4.69) is 19.9 Å². The second-order valence-electron chi connectivity index (χ2n) is 8.81. The van der Waals surface area contributed by atoms with Crippen LogP contribution in [-0.4, -0.2) is 68.6 Å². The summed E-state index contributed by atoms with van der Waals surface area (Å²) in [5.74, 6) is -6.42. The summed E-state index contributed by atoms with van der Waals surface area (Å²) < 4.78 is 27.1. The van der Waals surface area contributed by atoms with Crippen LogP contribution in [0.15, 0.2) is 110 Å². The van der Waals surface area contributed by atoms with E-state index >= 15 is 0 Å². The van der Waals surface area contributed by atoms with Crippen LogP contribution < -0.4 is 0 Å². The fourth-order valence-electron chi connectivity index (χ4n) is 3.77. The van der Waals surface area contributed by atoms with E-state index < -0.39 is 60.2 Å². The number of aromatic nitrogens is 4. The number of ether oxygens (including phenoxy) is 5. The van der Waals surface area contributed by atoms with E-state index in [1.165, 1.54) is 98.1 Å². The quantitative estimate of drug-likeness (QED) is 0.192. The first-order chi connectivity index (χ1) is 21.4. The average molecular weight is 597 g/mol. The molecule has 5 rings (SSSR count). The monoisotopic (exact) mass is 596 g/mol. The van der Waals surface area contributed by atoms with E-state index in [1.54, 1.807) is 0 Å². The molecule has 0 amide bonds. The summed E-state index contributed by atoms with van der Waals surface area (Å²) in [7, 11) is 0. The lowest BCUT2D eigenvalue weighted by molar-refractivity contribution is -0.148. The summed E-state index contributed by atoms with van der Waals surface area (Å²) in [6.45, 7) is -0.685. The Morgan fingerprint density at radius 2 is 1.11 bits per heavy atom. The van der Waals surface area contributed by atoms with Crippen LogP contribution >= 0.6 is 0 Å². The molecule has 0 aliphatic carbocycles. The maximum atomic E-state index is 13.1. The highest BCUT2D eigenvalue weighted by atomic mass is 16.7. The molecule has 1 aliphatic rings. The molecule has 0 radical (unpaired) electrons. The second-order valence-corrected chi connectivity index (χ2v) is 8.81. The van der Waals surface area contributed by atoms with Crippen molar-refractivity contribution in [2.75, 3.05) is 6.61 Å². The number of esters is 5. The number of carbonyl (C=O) groups is 5. The van der Waals surface area contributed by atoms with Gasteiger partial charge in [0, 0.05) is 49.6 Å². The number of nitrogens with zero attached hydrogens (tertiary/aromatic N) is 4. The molecule has 0 N–H and O–H groups in total. The van der Waals surface area contributed by atoms with E-state index in [-0.39, 0.29) is 22.3 Å². The molecule has 4 aromatic rings. The Morgan fingerprint density at radius 3 is 1.59 bits per heavy atom. The predicted octanol–water partition coefficient (Wildman–Crippen LogP) is 2.50. The van der Waals surface area contributed by atoms with Gasteiger partial charge in [0.1, 0.15) is 6.61 Å². The van der Waals surface area contributed by atoms with Crippen molar-refractivity contribution in [3.8, 4) is 0 Å². The summed E-state index contributed by atoms with van der Waals surface area (Å²) in [5, 5.41) is 0. The van der Waals surface area contributed by atoms with Crippen LogP contribution in [0.4, 0.5) is 0 Å². The van der Waals surface area contributed by atoms with Gasteiger partial charge in [0.2, 0.25) is 11.9 Å². The van der Waals surface area contributed by atoms with Gasteiger partial charge in [-0.1, -0.05) is 0 Å². The average Bonchev–Trinajstić information content (AvgIpc) is 3.37. The number of carbonyl (C=O) groups excluding carboxylic acids is 5. The van der Waals surface area contributed by atoms with Gasteiger partial charge in [0.25, 0.3) is 5.76 Å². The molecule has 4 aromatic heterocycles. The molecule has 0 spiro atoms. The van der Waals surface area contributed by atoms with Gasteiger partial charge in [-0.25, -0.2) is 24.0 Å². The molecule has 1 aliphatic heterocycles. The lowest BCUT2D eigenvalue weighted by Gasteiger charge is -2.24. The minimum Gasteiger partial charge on any atom is -0.458 e. The lowest BCUT2D eigenvalue weighted by Crippen LogP contribution is -2.39. The van der Waals surface area contributed by atoms with E-state index in [0.29, 0.717) is 0 Å². The Labute approximate surface area is 248 Å². The third-order valence-corrected chi connectivity index (χ3v) is 5.86. The molecule has 0 saturated carbocycles. The molecule has 220 valence electrons. The maximum absolute atomic E-state index is 13.1. The van der Waals surface area contributed by atoms with Crippen molar-refractivity contribution in [1.82, 2.24) is 19.9 Å². The molecule has 14 heteroatoms. The highest BCUT2D eigenvalue weighted by molar-refractivity contribution is 5.98. The van der Waals surface area contributed by atoms with Gasteiger partial charge in [0.15, 0.2) is 6.10 Å². The van der Waals surface area contributed by atoms with Gasteiger partial charge in [-0.3, -0.25) is 19.9 Å². The minimum absolute atomic E-state index is 0.0153. The number of rotatable bonds is 10. The Balaban J connectivity index is 1.49.